The van der Waals surface area contributed by atoms with Gasteiger partial charge in [0.15, 0.2) is 4.67 Å². The third-order valence-corrected chi connectivity index (χ3v) is 4.32. The molecule has 0 atom stereocenters. The highest BCUT2D eigenvalue weighted by Crippen LogP contribution is 2.43. The van der Waals surface area contributed by atoms with Crippen LogP contribution in [-0.4, -0.2) is 0 Å². The number of halogens is 1. The molecule has 1 heterocycles. The second kappa shape index (κ2) is 4.64. The van der Waals surface area contributed by atoms with Crippen LogP contribution in [0.15, 0.2) is 69.8 Å². The number of hydrogen-bond donors (Lipinski definition) is 1. The predicted molar refractivity (Wildman–Crippen MR) is 91.3 cm³/mol. The summed E-state index contributed by atoms with van der Waals surface area (Å²) in [5.74, 6) is 0. The van der Waals surface area contributed by atoms with E-state index in [4.69, 9.17) is 10.2 Å². The third-order valence-electron chi connectivity index (χ3n) is 3.76. The van der Waals surface area contributed by atoms with Crippen LogP contribution in [0, 0.1) is 0 Å². The molecule has 0 aliphatic heterocycles. The van der Waals surface area contributed by atoms with Crippen molar-refractivity contribution in [2.45, 2.75) is 0 Å². The molecule has 0 saturated heterocycles. The Balaban J connectivity index is 2.19. The molecule has 0 unspecified atom stereocenters. The molecule has 0 bridgehead atoms. The minimum absolute atomic E-state index is 0.715. The first-order chi connectivity index (χ1) is 10.3. The van der Waals surface area contributed by atoms with Gasteiger partial charge in [-0.15, -0.1) is 0 Å². The summed E-state index contributed by atoms with van der Waals surface area (Å²) >= 11 is 3.54. The first-order valence-corrected chi connectivity index (χ1v) is 7.49. The molecule has 4 rings (SSSR count). The van der Waals surface area contributed by atoms with E-state index in [1.807, 2.05) is 42.5 Å². The van der Waals surface area contributed by atoms with Gasteiger partial charge < -0.3 is 10.2 Å². The second-order valence-corrected chi connectivity index (χ2v) is 5.72. The normalized spacial score (nSPS) is 11.3. The SMILES string of the molecule is Nc1ccc2ccccc2c1-c1c(Br)oc2ccccc12. The number of nitrogens with two attached hydrogens (primary N) is 1. The first kappa shape index (κ1) is 12.5. The van der Waals surface area contributed by atoms with Crippen molar-refractivity contribution >= 4 is 43.4 Å². The van der Waals surface area contributed by atoms with Crippen molar-refractivity contribution in [3.8, 4) is 11.1 Å². The van der Waals surface area contributed by atoms with Crippen LogP contribution in [0.5, 0.6) is 0 Å². The van der Waals surface area contributed by atoms with Crippen LogP contribution in [0.3, 0.4) is 0 Å². The van der Waals surface area contributed by atoms with Gasteiger partial charge in [-0.05, 0) is 38.8 Å². The van der Waals surface area contributed by atoms with Gasteiger partial charge in [-0.1, -0.05) is 48.5 Å². The number of furan rings is 1. The molecule has 0 saturated carbocycles. The van der Waals surface area contributed by atoms with Crippen LogP contribution >= 0.6 is 15.9 Å². The molecule has 0 aliphatic carbocycles. The lowest BCUT2D eigenvalue weighted by molar-refractivity contribution is 0.589. The fraction of sp³-hybridized carbons (Fsp3) is 0. The highest BCUT2D eigenvalue weighted by Gasteiger charge is 2.18. The maximum atomic E-state index is 6.28. The van der Waals surface area contributed by atoms with E-state index in [2.05, 4.69) is 34.1 Å². The number of anilines is 1. The molecule has 0 amide bonds. The monoisotopic (exact) mass is 337 g/mol. The van der Waals surface area contributed by atoms with Gasteiger partial charge in [0.2, 0.25) is 0 Å². The molecule has 3 heteroatoms. The van der Waals surface area contributed by atoms with Crippen molar-refractivity contribution in [1.29, 1.82) is 0 Å². The van der Waals surface area contributed by atoms with Crippen molar-refractivity contribution in [2.75, 3.05) is 5.73 Å². The van der Waals surface area contributed by atoms with E-state index in [0.717, 1.165) is 33.2 Å². The minimum atomic E-state index is 0.715. The van der Waals surface area contributed by atoms with Crippen molar-refractivity contribution in [3.05, 3.63) is 65.3 Å². The fourth-order valence-electron chi connectivity index (χ4n) is 2.82. The Bertz CT molecular complexity index is 971. The number of hydrogen-bond acceptors (Lipinski definition) is 2. The molecular weight excluding hydrogens is 326 g/mol. The first-order valence-electron chi connectivity index (χ1n) is 6.70. The summed E-state index contributed by atoms with van der Waals surface area (Å²) in [4.78, 5) is 0. The molecule has 3 aromatic carbocycles. The lowest BCUT2D eigenvalue weighted by atomic mass is 9.96. The summed E-state index contributed by atoms with van der Waals surface area (Å²) in [7, 11) is 0. The zero-order valence-corrected chi connectivity index (χ0v) is 12.7. The molecule has 21 heavy (non-hydrogen) atoms. The Labute approximate surface area is 130 Å². The predicted octanol–water partition coefficient (Wildman–Crippen LogP) is 5.60. The summed E-state index contributed by atoms with van der Waals surface area (Å²) in [6.45, 7) is 0. The second-order valence-electron chi connectivity index (χ2n) is 5.00. The molecule has 0 radical (unpaired) electrons. The molecule has 0 spiro atoms. The van der Waals surface area contributed by atoms with E-state index in [9.17, 15) is 0 Å². The average Bonchev–Trinajstić information content (AvgIpc) is 2.83. The summed E-state index contributed by atoms with van der Waals surface area (Å²) < 4.78 is 6.53. The summed E-state index contributed by atoms with van der Waals surface area (Å²) in [5, 5.41) is 3.36. The van der Waals surface area contributed by atoms with Crippen LogP contribution in [0.1, 0.15) is 0 Å². The van der Waals surface area contributed by atoms with E-state index in [1.165, 1.54) is 5.39 Å². The van der Waals surface area contributed by atoms with Crippen LogP contribution in [0.25, 0.3) is 32.9 Å². The fourth-order valence-corrected chi connectivity index (χ4v) is 3.40. The van der Waals surface area contributed by atoms with E-state index >= 15 is 0 Å². The van der Waals surface area contributed by atoms with Gasteiger partial charge in [-0.2, -0.15) is 0 Å². The van der Waals surface area contributed by atoms with Crippen LogP contribution in [0.2, 0.25) is 0 Å². The minimum Gasteiger partial charge on any atom is -0.449 e. The number of nitrogen functional groups attached to an aromatic ring is 1. The van der Waals surface area contributed by atoms with Gasteiger partial charge in [0.1, 0.15) is 5.58 Å². The topological polar surface area (TPSA) is 39.2 Å². The number of para-hydroxylation sites is 1. The molecule has 0 fully saturated rings. The average molecular weight is 338 g/mol. The lowest BCUT2D eigenvalue weighted by Crippen LogP contribution is -1.91. The highest BCUT2D eigenvalue weighted by molar-refractivity contribution is 9.10. The molecule has 2 nitrogen and oxygen atoms in total. The van der Waals surface area contributed by atoms with Crippen molar-refractivity contribution in [1.82, 2.24) is 0 Å². The van der Waals surface area contributed by atoms with Gasteiger partial charge in [-0.25, -0.2) is 0 Å². The standard InChI is InChI=1S/C18H12BrNO/c19-18-17(13-7-3-4-8-15(13)21-18)16-12-6-2-1-5-11(12)9-10-14(16)20/h1-10H,20H2. The quantitative estimate of drug-likeness (QED) is 0.459. The number of fused-ring (bicyclic) bond motifs is 2. The Kier molecular flexibility index (Phi) is 2.76. The van der Waals surface area contributed by atoms with E-state index in [0.29, 0.717) is 4.67 Å². The largest absolute Gasteiger partial charge is 0.449 e. The molecule has 1 aromatic heterocycles. The molecule has 102 valence electrons. The number of benzene rings is 3. The van der Waals surface area contributed by atoms with Crippen molar-refractivity contribution < 1.29 is 4.42 Å². The Morgan fingerprint density at radius 1 is 0.762 bits per heavy atom. The molecule has 0 aliphatic rings. The maximum Gasteiger partial charge on any atom is 0.178 e. The van der Waals surface area contributed by atoms with Crippen molar-refractivity contribution in [2.24, 2.45) is 0 Å². The molecular formula is C18H12BrNO. The molecule has 4 aromatic rings. The van der Waals surface area contributed by atoms with E-state index in [-0.39, 0.29) is 0 Å². The van der Waals surface area contributed by atoms with E-state index in [1.54, 1.807) is 0 Å². The Hall–Kier alpha value is -2.26. The van der Waals surface area contributed by atoms with E-state index < -0.39 is 0 Å². The van der Waals surface area contributed by atoms with Gasteiger partial charge in [0.05, 0.1) is 0 Å². The van der Waals surface area contributed by atoms with Gasteiger partial charge in [-0.3, -0.25) is 0 Å². The molecule has 2 N–H and O–H groups in total. The Morgan fingerprint density at radius 3 is 2.33 bits per heavy atom. The highest BCUT2D eigenvalue weighted by atomic mass is 79.9. The summed E-state index contributed by atoms with van der Waals surface area (Å²) in [6, 6.07) is 20.2. The van der Waals surface area contributed by atoms with Crippen LogP contribution in [0.4, 0.5) is 5.69 Å². The lowest BCUT2D eigenvalue weighted by Gasteiger charge is -2.09. The Morgan fingerprint density at radius 2 is 1.48 bits per heavy atom. The zero-order valence-electron chi connectivity index (χ0n) is 11.1. The van der Waals surface area contributed by atoms with Crippen LogP contribution in [-0.2, 0) is 0 Å². The van der Waals surface area contributed by atoms with Gasteiger partial charge in [0.25, 0.3) is 0 Å². The van der Waals surface area contributed by atoms with Gasteiger partial charge in [0, 0.05) is 22.2 Å². The third kappa shape index (κ3) is 1.85. The van der Waals surface area contributed by atoms with Crippen LogP contribution < -0.4 is 5.73 Å². The van der Waals surface area contributed by atoms with Crippen molar-refractivity contribution in [3.63, 3.8) is 0 Å². The zero-order chi connectivity index (χ0) is 14.4. The summed E-state index contributed by atoms with van der Waals surface area (Å²) in [6.07, 6.45) is 0. The number of rotatable bonds is 1. The smallest absolute Gasteiger partial charge is 0.178 e. The van der Waals surface area contributed by atoms with Gasteiger partial charge >= 0.3 is 0 Å². The maximum absolute atomic E-state index is 6.28. The summed E-state index contributed by atoms with van der Waals surface area (Å²) in [5.41, 5.74) is 9.91.